The molecule has 1 amide bonds. The van der Waals surface area contributed by atoms with Gasteiger partial charge in [-0.05, 0) is 30.4 Å². The summed E-state index contributed by atoms with van der Waals surface area (Å²) in [5.74, 6) is 0.116. The fourth-order valence-corrected chi connectivity index (χ4v) is 3.58. The Morgan fingerprint density at radius 1 is 1.45 bits per heavy atom. The standard InChI is InChI=1S/C13H18N4OS2/c1-3-8-5-6-19-9(8)7-16-12(18)10-11(14)17-13(20-10)15-4-2/h5-6H,3-4,7,14H2,1-2H3,(H,15,17)(H,16,18). The van der Waals surface area contributed by atoms with Crippen LogP contribution >= 0.6 is 22.7 Å². The molecule has 0 aliphatic rings. The van der Waals surface area contributed by atoms with Crippen molar-refractivity contribution in [1.29, 1.82) is 0 Å². The van der Waals surface area contributed by atoms with Gasteiger partial charge >= 0.3 is 0 Å². The van der Waals surface area contributed by atoms with Crippen molar-refractivity contribution in [3.63, 3.8) is 0 Å². The zero-order valence-corrected chi connectivity index (χ0v) is 13.2. The number of nitrogen functional groups attached to an aromatic ring is 1. The van der Waals surface area contributed by atoms with Crippen LogP contribution in [-0.2, 0) is 13.0 Å². The van der Waals surface area contributed by atoms with Crippen LogP contribution in [0.15, 0.2) is 11.4 Å². The molecular weight excluding hydrogens is 292 g/mol. The number of thiazole rings is 1. The largest absolute Gasteiger partial charge is 0.382 e. The van der Waals surface area contributed by atoms with Gasteiger partial charge in [-0.1, -0.05) is 18.3 Å². The maximum atomic E-state index is 12.1. The van der Waals surface area contributed by atoms with Crippen molar-refractivity contribution in [3.8, 4) is 0 Å². The predicted molar refractivity (Wildman–Crippen MR) is 85.6 cm³/mol. The average molecular weight is 310 g/mol. The summed E-state index contributed by atoms with van der Waals surface area (Å²) in [6, 6.07) is 2.09. The van der Waals surface area contributed by atoms with Gasteiger partial charge in [0.1, 0.15) is 10.7 Å². The molecule has 0 saturated carbocycles. The monoisotopic (exact) mass is 310 g/mol. The molecule has 2 rings (SSSR count). The number of amides is 1. The van der Waals surface area contributed by atoms with Crippen molar-refractivity contribution in [2.75, 3.05) is 17.6 Å². The zero-order chi connectivity index (χ0) is 14.5. The molecule has 0 aliphatic carbocycles. The molecule has 2 aromatic heterocycles. The topological polar surface area (TPSA) is 80.0 Å². The molecule has 0 bridgehead atoms. The fourth-order valence-electron chi connectivity index (χ4n) is 1.80. The van der Waals surface area contributed by atoms with Crippen molar-refractivity contribution < 1.29 is 4.79 Å². The van der Waals surface area contributed by atoms with Gasteiger partial charge in [-0.25, -0.2) is 4.98 Å². The van der Waals surface area contributed by atoms with Crippen molar-refractivity contribution in [2.24, 2.45) is 0 Å². The summed E-state index contributed by atoms with van der Waals surface area (Å²) in [5, 5.41) is 8.69. The first-order chi connectivity index (χ1) is 9.65. The second-order valence-corrected chi connectivity index (χ2v) is 6.17. The van der Waals surface area contributed by atoms with E-state index >= 15 is 0 Å². The molecule has 0 atom stereocenters. The summed E-state index contributed by atoms with van der Waals surface area (Å²) < 4.78 is 0. The molecule has 108 valence electrons. The molecule has 2 heterocycles. The van der Waals surface area contributed by atoms with Gasteiger partial charge < -0.3 is 16.4 Å². The van der Waals surface area contributed by atoms with Gasteiger partial charge in [0, 0.05) is 11.4 Å². The van der Waals surface area contributed by atoms with Crippen LogP contribution in [0.25, 0.3) is 0 Å². The lowest BCUT2D eigenvalue weighted by Gasteiger charge is -2.04. The highest BCUT2D eigenvalue weighted by molar-refractivity contribution is 7.18. The molecular formula is C13H18N4OS2. The predicted octanol–water partition coefficient (Wildman–Crippen LogP) is 2.71. The highest BCUT2D eigenvalue weighted by Crippen LogP contribution is 2.25. The van der Waals surface area contributed by atoms with Gasteiger partial charge in [-0.15, -0.1) is 11.3 Å². The summed E-state index contributed by atoms with van der Waals surface area (Å²) in [6.07, 6.45) is 0.974. The van der Waals surface area contributed by atoms with E-state index in [1.165, 1.54) is 21.8 Å². The third-order valence-electron chi connectivity index (χ3n) is 2.82. The van der Waals surface area contributed by atoms with Crippen LogP contribution in [0.4, 0.5) is 10.9 Å². The Morgan fingerprint density at radius 2 is 2.25 bits per heavy atom. The fraction of sp³-hybridized carbons (Fsp3) is 0.385. The van der Waals surface area contributed by atoms with Crippen LogP contribution in [0.3, 0.4) is 0 Å². The molecule has 5 nitrogen and oxygen atoms in total. The minimum absolute atomic E-state index is 0.167. The molecule has 20 heavy (non-hydrogen) atoms. The Labute approximate surface area is 126 Å². The normalized spacial score (nSPS) is 10.5. The van der Waals surface area contributed by atoms with E-state index in [4.69, 9.17) is 5.73 Å². The smallest absolute Gasteiger partial charge is 0.265 e. The Bertz CT molecular complexity index is 591. The molecule has 0 unspecified atom stereocenters. The number of aromatic nitrogens is 1. The number of carbonyl (C=O) groups excluding carboxylic acids is 1. The van der Waals surface area contributed by atoms with E-state index in [9.17, 15) is 4.79 Å². The van der Waals surface area contributed by atoms with Crippen molar-refractivity contribution in [1.82, 2.24) is 10.3 Å². The van der Waals surface area contributed by atoms with Crippen LogP contribution in [-0.4, -0.2) is 17.4 Å². The highest BCUT2D eigenvalue weighted by atomic mass is 32.1. The second kappa shape index (κ2) is 6.71. The van der Waals surface area contributed by atoms with E-state index in [2.05, 4.69) is 28.6 Å². The Hall–Kier alpha value is -1.60. The average Bonchev–Trinajstić information content (AvgIpc) is 3.02. The van der Waals surface area contributed by atoms with Gasteiger partial charge in [0.25, 0.3) is 5.91 Å². The van der Waals surface area contributed by atoms with E-state index < -0.39 is 0 Å². The number of carbonyl (C=O) groups is 1. The number of rotatable bonds is 6. The third kappa shape index (κ3) is 3.29. The number of nitrogens with zero attached hydrogens (tertiary/aromatic N) is 1. The van der Waals surface area contributed by atoms with Crippen molar-refractivity contribution in [2.45, 2.75) is 26.8 Å². The Balaban J connectivity index is 2.01. The third-order valence-corrected chi connectivity index (χ3v) is 4.81. The molecule has 4 N–H and O–H groups in total. The molecule has 2 aromatic rings. The van der Waals surface area contributed by atoms with Gasteiger partial charge in [-0.3, -0.25) is 4.79 Å². The summed E-state index contributed by atoms with van der Waals surface area (Å²) >= 11 is 2.94. The van der Waals surface area contributed by atoms with Crippen molar-refractivity contribution >= 4 is 39.5 Å². The van der Waals surface area contributed by atoms with Crippen molar-refractivity contribution in [3.05, 3.63) is 26.8 Å². The summed E-state index contributed by atoms with van der Waals surface area (Å²) in [7, 11) is 0. The Morgan fingerprint density at radius 3 is 2.95 bits per heavy atom. The van der Waals surface area contributed by atoms with E-state index in [1.54, 1.807) is 11.3 Å². The van der Waals surface area contributed by atoms with Gasteiger partial charge in [0.05, 0.1) is 6.54 Å². The molecule has 0 aliphatic heterocycles. The maximum Gasteiger partial charge on any atom is 0.265 e. The lowest BCUT2D eigenvalue weighted by Crippen LogP contribution is -2.22. The first-order valence-electron chi connectivity index (χ1n) is 6.49. The first kappa shape index (κ1) is 14.8. The van der Waals surface area contributed by atoms with Gasteiger partial charge in [0.2, 0.25) is 0 Å². The van der Waals surface area contributed by atoms with Gasteiger partial charge in [0.15, 0.2) is 5.13 Å². The van der Waals surface area contributed by atoms with E-state index in [0.717, 1.165) is 13.0 Å². The zero-order valence-electron chi connectivity index (χ0n) is 11.5. The first-order valence-corrected chi connectivity index (χ1v) is 8.18. The molecule has 0 saturated heterocycles. The SMILES string of the molecule is CCNc1nc(N)c(C(=O)NCc2sccc2CC)s1. The number of hydrogen-bond acceptors (Lipinski definition) is 6. The number of nitrogens with one attached hydrogen (secondary N) is 2. The minimum atomic E-state index is -0.167. The lowest BCUT2D eigenvalue weighted by atomic mass is 10.2. The van der Waals surface area contributed by atoms with E-state index in [1.807, 2.05) is 12.3 Å². The highest BCUT2D eigenvalue weighted by Gasteiger charge is 2.16. The summed E-state index contributed by atoms with van der Waals surface area (Å²) in [5.41, 5.74) is 7.06. The van der Waals surface area contributed by atoms with Crippen LogP contribution < -0.4 is 16.4 Å². The molecule has 0 spiro atoms. The van der Waals surface area contributed by atoms with Gasteiger partial charge in [-0.2, -0.15) is 0 Å². The van der Waals surface area contributed by atoms with Crippen LogP contribution in [0, 0.1) is 0 Å². The summed E-state index contributed by atoms with van der Waals surface area (Å²) in [6.45, 7) is 5.37. The van der Waals surface area contributed by atoms with E-state index in [0.29, 0.717) is 16.6 Å². The second-order valence-electron chi connectivity index (χ2n) is 4.17. The molecule has 7 heteroatoms. The number of anilines is 2. The molecule has 0 aromatic carbocycles. The Kier molecular flexibility index (Phi) is 4.97. The maximum absolute atomic E-state index is 12.1. The van der Waals surface area contributed by atoms with Crippen LogP contribution in [0.1, 0.15) is 34.0 Å². The quantitative estimate of drug-likeness (QED) is 0.766. The summed E-state index contributed by atoms with van der Waals surface area (Å²) in [4.78, 5) is 17.9. The lowest BCUT2D eigenvalue weighted by molar-refractivity contribution is 0.0956. The minimum Gasteiger partial charge on any atom is -0.382 e. The number of nitrogens with two attached hydrogens (primary N) is 1. The van der Waals surface area contributed by atoms with Crippen LogP contribution in [0.5, 0.6) is 0 Å². The number of aryl methyl sites for hydroxylation is 1. The molecule has 0 fully saturated rings. The molecule has 0 radical (unpaired) electrons. The van der Waals surface area contributed by atoms with Crippen LogP contribution in [0.2, 0.25) is 0 Å². The number of thiophene rings is 1. The number of hydrogen-bond donors (Lipinski definition) is 3. The van der Waals surface area contributed by atoms with E-state index in [-0.39, 0.29) is 11.7 Å².